The molecule has 0 spiro atoms. The highest BCUT2D eigenvalue weighted by Crippen LogP contribution is 2.32. The third-order valence-corrected chi connectivity index (χ3v) is 4.66. The number of hydrogen-bond acceptors (Lipinski definition) is 8. The summed E-state index contributed by atoms with van der Waals surface area (Å²) in [6, 6.07) is 17.2. The summed E-state index contributed by atoms with van der Waals surface area (Å²) in [5.74, 6) is 1.29. The predicted molar refractivity (Wildman–Crippen MR) is 113 cm³/mol. The number of fused-ring (bicyclic) bond motifs is 1. The first-order valence-corrected chi connectivity index (χ1v) is 9.83. The van der Waals surface area contributed by atoms with Crippen LogP contribution in [0.5, 0.6) is 11.5 Å². The van der Waals surface area contributed by atoms with Gasteiger partial charge in [-0.05, 0) is 18.2 Å². The summed E-state index contributed by atoms with van der Waals surface area (Å²) >= 11 is 0. The van der Waals surface area contributed by atoms with Crippen LogP contribution in [-0.4, -0.2) is 39.0 Å². The molecule has 0 atom stereocenters. The highest BCUT2D eigenvalue weighted by atomic mass is 16.6. The molecule has 5 rings (SSSR count). The lowest BCUT2D eigenvalue weighted by atomic mass is 10.2. The van der Waals surface area contributed by atoms with E-state index < -0.39 is 11.5 Å². The molecule has 1 aliphatic heterocycles. The number of amides is 1. The summed E-state index contributed by atoms with van der Waals surface area (Å²) in [6.07, 6.45) is 0. The normalized spacial score (nSPS) is 12.4. The fourth-order valence-electron chi connectivity index (χ4n) is 3.17. The largest absolute Gasteiger partial charge is 0.486 e. The summed E-state index contributed by atoms with van der Waals surface area (Å²) in [4.78, 5) is 29.1. The molecular formula is C22H17N5O5. The van der Waals surface area contributed by atoms with Crippen molar-refractivity contribution >= 4 is 11.6 Å². The van der Waals surface area contributed by atoms with Crippen LogP contribution in [0.2, 0.25) is 0 Å². The number of aromatic nitrogens is 4. The Hall–Kier alpha value is -4.47. The minimum atomic E-state index is -0.436. The average molecular weight is 431 g/mol. The Morgan fingerprint density at radius 1 is 1.00 bits per heavy atom. The second-order valence-electron chi connectivity index (χ2n) is 6.91. The zero-order chi connectivity index (χ0) is 21.9. The van der Waals surface area contributed by atoms with Crippen LogP contribution in [-0.2, 0) is 11.3 Å². The van der Waals surface area contributed by atoms with Gasteiger partial charge in [-0.15, -0.1) is 0 Å². The summed E-state index contributed by atoms with van der Waals surface area (Å²) in [7, 11) is 0. The zero-order valence-corrected chi connectivity index (χ0v) is 16.7. The van der Waals surface area contributed by atoms with Crippen LogP contribution < -0.4 is 20.3 Å². The topological polar surface area (TPSA) is 121 Å². The van der Waals surface area contributed by atoms with Gasteiger partial charge in [-0.25, -0.2) is 4.68 Å². The highest BCUT2D eigenvalue weighted by Gasteiger charge is 2.16. The van der Waals surface area contributed by atoms with Crippen molar-refractivity contribution < 1.29 is 18.8 Å². The molecule has 2 aromatic carbocycles. The van der Waals surface area contributed by atoms with E-state index >= 15 is 0 Å². The molecule has 0 saturated heterocycles. The smallest absolute Gasteiger partial charge is 0.278 e. The lowest BCUT2D eigenvalue weighted by molar-refractivity contribution is -0.117. The van der Waals surface area contributed by atoms with Gasteiger partial charge in [0.05, 0.1) is 0 Å². The van der Waals surface area contributed by atoms with Gasteiger partial charge in [0.1, 0.15) is 25.5 Å². The second kappa shape index (κ2) is 8.34. The molecule has 1 amide bonds. The molecular weight excluding hydrogens is 414 g/mol. The standard InChI is InChI=1S/C22H17N5O5/c28-19(23-15-6-8-17-18(12-15)31-11-10-30-17)13-27-20(29)9-7-16(25-27)22-24-21(26-32-22)14-4-2-1-3-5-14/h1-9,12H,10-11,13H2,(H,23,28). The second-order valence-corrected chi connectivity index (χ2v) is 6.91. The van der Waals surface area contributed by atoms with Gasteiger partial charge in [0.2, 0.25) is 11.7 Å². The van der Waals surface area contributed by atoms with Gasteiger partial charge in [-0.1, -0.05) is 35.5 Å². The number of carbonyl (C=O) groups is 1. The van der Waals surface area contributed by atoms with Gasteiger partial charge in [0.15, 0.2) is 11.5 Å². The van der Waals surface area contributed by atoms with E-state index in [9.17, 15) is 9.59 Å². The SMILES string of the molecule is O=C(Cn1nc(-c2nc(-c3ccccc3)no2)ccc1=O)Nc1ccc2c(c1)OCCO2. The third-order valence-electron chi connectivity index (χ3n) is 4.66. The minimum Gasteiger partial charge on any atom is -0.486 e. The van der Waals surface area contributed by atoms with Gasteiger partial charge < -0.3 is 19.3 Å². The van der Waals surface area contributed by atoms with Crippen LogP contribution in [0.3, 0.4) is 0 Å². The summed E-state index contributed by atoms with van der Waals surface area (Å²) in [5, 5.41) is 10.9. The molecule has 2 aromatic heterocycles. The molecule has 0 fully saturated rings. The number of ether oxygens (including phenoxy) is 2. The predicted octanol–water partition coefficient (Wildman–Crippen LogP) is 2.37. The maximum Gasteiger partial charge on any atom is 0.278 e. The maximum absolute atomic E-state index is 12.5. The van der Waals surface area contributed by atoms with Crippen LogP contribution in [0, 0.1) is 0 Å². The number of nitrogens with zero attached hydrogens (tertiary/aromatic N) is 4. The van der Waals surface area contributed by atoms with Crippen molar-refractivity contribution in [2.24, 2.45) is 0 Å². The van der Waals surface area contributed by atoms with Crippen molar-refractivity contribution in [2.45, 2.75) is 6.54 Å². The van der Waals surface area contributed by atoms with Crippen LogP contribution in [0.25, 0.3) is 23.0 Å². The number of benzene rings is 2. The molecule has 4 aromatic rings. The van der Waals surface area contributed by atoms with Gasteiger partial charge in [-0.3, -0.25) is 9.59 Å². The Bertz CT molecular complexity index is 1330. The molecule has 10 heteroatoms. The lowest BCUT2D eigenvalue weighted by Gasteiger charge is -2.19. The summed E-state index contributed by atoms with van der Waals surface area (Å²) in [5.41, 5.74) is 1.16. The first kappa shape index (κ1) is 19.5. The Morgan fingerprint density at radius 3 is 2.66 bits per heavy atom. The lowest BCUT2D eigenvalue weighted by Crippen LogP contribution is -2.29. The molecule has 0 aliphatic carbocycles. The van der Waals surface area contributed by atoms with Crippen LogP contribution in [0.15, 0.2) is 70.0 Å². The van der Waals surface area contributed by atoms with Crippen molar-refractivity contribution in [3.8, 4) is 34.5 Å². The van der Waals surface area contributed by atoms with Gasteiger partial charge in [-0.2, -0.15) is 10.1 Å². The van der Waals surface area contributed by atoms with E-state index in [-0.39, 0.29) is 18.1 Å². The monoisotopic (exact) mass is 431 g/mol. The fourth-order valence-corrected chi connectivity index (χ4v) is 3.17. The molecule has 1 aliphatic rings. The number of carbonyl (C=O) groups excluding carboxylic acids is 1. The minimum absolute atomic E-state index is 0.143. The number of anilines is 1. The Labute approximate surface area is 181 Å². The van der Waals surface area contributed by atoms with Crippen molar-refractivity contribution in [1.82, 2.24) is 19.9 Å². The Morgan fingerprint density at radius 2 is 1.81 bits per heavy atom. The molecule has 0 unspecified atom stereocenters. The van der Waals surface area contributed by atoms with E-state index in [1.54, 1.807) is 18.2 Å². The van der Waals surface area contributed by atoms with Crippen LogP contribution >= 0.6 is 0 Å². The Kier molecular flexibility index (Phi) is 5.08. The number of rotatable bonds is 5. The molecule has 10 nitrogen and oxygen atoms in total. The molecule has 0 radical (unpaired) electrons. The third kappa shape index (κ3) is 4.06. The highest BCUT2D eigenvalue weighted by molar-refractivity contribution is 5.90. The molecule has 1 N–H and O–H groups in total. The van der Waals surface area contributed by atoms with E-state index in [1.165, 1.54) is 12.1 Å². The Balaban J connectivity index is 1.33. The van der Waals surface area contributed by atoms with Gasteiger partial charge >= 0.3 is 0 Å². The molecule has 3 heterocycles. The van der Waals surface area contributed by atoms with Crippen molar-refractivity contribution in [3.63, 3.8) is 0 Å². The molecule has 0 saturated carbocycles. The molecule has 32 heavy (non-hydrogen) atoms. The zero-order valence-electron chi connectivity index (χ0n) is 16.7. The number of nitrogens with one attached hydrogen (secondary N) is 1. The quantitative estimate of drug-likeness (QED) is 0.511. The van der Waals surface area contributed by atoms with Crippen molar-refractivity contribution in [2.75, 3.05) is 18.5 Å². The van der Waals surface area contributed by atoms with Crippen LogP contribution in [0.4, 0.5) is 5.69 Å². The van der Waals surface area contributed by atoms with Crippen molar-refractivity contribution in [1.29, 1.82) is 0 Å². The molecule has 0 bridgehead atoms. The summed E-state index contributed by atoms with van der Waals surface area (Å²) < 4.78 is 17.3. The summed E-state index contributed by atoms with van der Waals surface area (Å²) in [6.45, 7) is 0.634. The average Bonchev–Trinajstić information content (AvgIpc) is 3.31. The van der Waals surface area contributed by atoms with E-state index in [1.807, 2.05) is 30.3 Å². The van der Waals surface area contributed by atoms with Gasteiger partial charge in [0.25, 0.3) is 11.4 Å². The molecule has 160 valence electrons. The van der Waals surface area contributed by atoms with E-state index in [4.69, 9.17) is 14.0 Å². The first-order chi connectivity index (χ1) is 15.7. The fraction of sp³-hybridized carbons (Fsp3) is 0.136. The van der Waals surface area contributed by atoms with E-state index in [0.717, 1.165) is 10.2 Å². The van der Waals surface area contributed by atoms with E-state index in [0.29, 0.717) is 36.2 Å². The van der Waals surface area contributed by atoms with E-state index in [2.05, 4.69) is 20.6 Å². The van der Waals surface area contributed by atoms with Crippen molar-refractivity contribution in [3.05, 3.63) is 71.0 Å². The first-order valence-electron chi connectivity index (χ1n) is 9.83. The van der Waals surface area contributed by atoms with Crippen LogP contribution in [0.1, 0.15) is 0 Å². The van der Waals surface area contributed by atoms with Gasteiger partial charge in [0, 0.05) is 23.4 Å². The number of hydrogen-bond donors (Lipinski definition) is 1. The maximum atomic E-state index is 12.5.